The van der Waals surface area contributed by atoms with E-state index in [0.717, 1.165) is 10.6 Å². The van der Waals surface area contributed by atoms with E-state index in [0.29, 0.717) is 45.1 Å². The summed E-state index contributed by atoms with van der Waals surface area (Å²) in [5.41, 5.74) is 5.13. The molecule has 2 aliphatic carbocycles. The van der Waals surface area contributed by atoms with E-state index in [1.807, 2.05) is 6.08 Å². The van der Waals surface area contributed by atoms with Crippen LogP contribution in [-0.4, -0.2) is 33.7 Å². The molecule has 2 heterocycles. The smallest absolute Gasteiger partial charge is 0.260 e. The van der Waals surface area contributed by atoms with Gasteiger partial charge in [0.1, 0.15) is 11.6 Å². The SMILES string of the molecule is C=CCc1cccc(C2C3=CCC4C(=O)N(c5ccc(C=C)cc5)C(=O)C4C3CC3C(=O)N(Nc4ccc(F)cc4)C(=O)C32c2ccc(Cl)cc2)c1O. The number of phenolic OH excluding ortho intramolecular Hbond substituents is 1. The molecule has 266 valence electrons. The van der Waals surface area contributed by atoms with E-state index in [4.69, 9.17) is 11.6 Å². The molecule has 0 radical (unpaired) electrons. The molecule has 0 bridgehead atoms. The Morgan fingerprint density at radius 3 is 2.28 bits per heavy atom. The standard InChI is InChI=1S/C43H35ClFN3O5/c1-3-6-25-7-5-8-33(38(25)49)37-31-21-22-32-36(41(52)47(39(32)50)30-19-9-24(4-2)10-20-30)34(31)23-35-40(51)48(46-29-17-15-28(45)16-18-29)42(53)43(35,37)26-11-13-27(44)14-12-26/h3-5,7-21,32,34-37,46,49H,1-2,6,22-23H2. The van der Waals surface area contributed by atoms with Crippen LogP contribution in [0.5, 0.6) is 5.75 Å². The van der Waals surface area contributed by atoms with E-state index in [2.05, 4.69) is 18.6 Å². The number of halogens is 2. The number of fused-ring (bicyclic) bond motifs is 4. The summed E-state index contributed by atoms with van der Waals surface area (Å²) in [6.45, 7) is 7.64. The molecule has 4 aliphatic rings. The predicted molar refractivity (Wildman–Crippen MR) is 200 cm³/mol. The lowest BCUT2D eigenvalue weighted by Gasteiger charge is -2.50. The van der Waals surface area contributed by atoms with Crippen molar-refractivity contribution in [2.24, 2.45) is 23.7 Å². The van der Waals surface area contributed by atoms with Crippen molar-refractivity contribution in [1.82, 2.24) is 5.01 Å². The summed E-state index contributed by atoms with van der Waals surface area (Å²) in [6.07, 6.45) is 5.93. The maximum absolute atomic E-state index is 15.3. The third kappa shape index (κ3) is 5.16. The number of aromatic hydroxyl groups is 1. The Morgan fingerprint density at radius 1 is 0.887 bits per heavy atom. The number of hydrogen-bond acceptors (Lipinski definition) is 6. The van der Waals surface area contributed by atoms with E-state index in [9.17, 15) is 23.9 Å². The Morgan fingerprint density at radius 2 is 1.60 bits per heavy atom. The zero-order valence-corrected chi connectivity index (χ0v) is 29.3. The van der Waals surface area contributed by atoms with Crippen LogP contribution >= 0.6 is 11.6 Å². The highest BCUT2D eigenvalue weighted by molar-refractivity contribution is 6.30. The zero-order chi connectivity index (χ0) is 37.2. The quantitative estimate of drug-likeness (QED) is 0.142. The molecule has 1 saturated carbocycles. The summed E-state index contributed by atoms with van der Waals surface area (Å²) < 4.78 is 13.9. The van der Waals surface area contributed by atoms with Crippen LogP contribution in [0.25, 0.3) is 6.08 Å². The van der Waals surface area contributed by atoms with Crippen molar-refractivity contribution in [3.63, 3.8) is 0 Å². The minimum atomic E-state index is -1.61. The fourth-order valence-corrected chi connectivity index (χ4v) is 9.30. The first kappa shape index (κ1) is 34.3. The summed E-state index contributed by atoms with van der Waals surface area (Å²) in [5.74, 6) is -6.43. The molecule has 8 rings (SSSR count). The van der Waals surface area contributed by atoms with Crippen LogP contribution in [0.1, 0.15) is 41.0 Å². The molecular formula is C43H35ClFN3O5. The van der Waals surface area contributed by atoms with E-state index >= 15 is 4.79 Å². The van der Waals surface area contributed by atoms with E-state index < -0.39 is 52.6 Å². The van der Waals surface area contributed by atoms with E-state index in [-0.39, 0.29) is 30.4 Å². The third-order valence-electron chi connectivity index (χ3n) is 11.5. The zero-order valence-electron chi connectivity index (χ0n) is 28.5. The van der Waals surface area contributed by atoms with E-state index in [1.54, 1.807) is 78.9 Å². The van der Waals surface area contributed by atoms with Crippen molar-refractivity contribution in [2.75, 3.05) is 10.3 Å². The van der Waals surface area contributed by atoms with Crippen LogP contribution in [0.3, 0.4) is 0 Å². The van der Waals surface area contributed by atoms with Gasteiger partial charge in [-0.2, -0.15) is 5.01 Å². The highest BCUT2D eigenvalue weighted by Gasteiger charge is 2.70. The number of para-hydroxylation sites is 1. The summed E-state index contributed by atoms with van der Waals surface area (Å²) in [6, 6.07) is 24.4. The molecule has 0 aromatic heterocycles. The Bertz CT molecular complexity index is 2240. The molecule has 6 unspecified atom stereocenters. The normalized spacial score (nSPS) is 26.2. The molecule has 2 saturated heterocycles. The Kier molecular flexibility index (Phi) is 8.41. The van der Waals surface area contributed by atoms with Gasteiger partial charge in [-0.3, -0.25) is 29.5 Å². The fourth-order valence-electron chi connectivity index (χ4n) is 9.18. The topological polar surface area (TPSA) is 107 Å². The number of nitrogens with one attached hydrogen (secondary N) is 1. The number of amides is 4. The number of allylic oxidation sites excluding steroid dienone is 3. The van der Waals surface area contributed by atoms with Crippen LogP contribution < -0.4 is 10.3 Å². The third-order valence-corrected chi connectivity index (χ3v) is 11.7. The molecular weight excluding hydrogens is 693 g/mol. The van der Waals surface area contributed by atoms with Crippen LogP contribution in [-0.2, 0) is 31.0 Å². The summed E-state index contributed by atoms with van der Waals surface area (Å²) in [5, 5.41) is 13.4. The fraction of sp³-hybridized carbons (Fsp3) is 0.209. The molecule has 4 amide bonds. The highest BCUT2D eigenvalue weighted by atomic mass is 35.5. The molecule has 3 fully saturated rings. The average Bonchev–Trinajstić information content (AvgIpc) is 3.54. The molecule has 8 nitrogen and oxygen atoms in total. The van der Waals surface area contributed by atoms with Gasteiger partial charge in [0.2, 0.25) is 11.8 Å². The number of phenols is 1. The van der Waals surface area contributed by atoms with Gasteiger partial charge in [0.25, 0.3) is 11.8 Å². The van der Waals surface area contributed by atoms with Crippen molar-refractivity contribution in [2.45, 2.75) is 30.6 Å². The van der Waals surface area contributed by atoms with E-state index in [1.165, 1.54) is 29.2 Å². The second kappa shape index (κ2) is 13.0. The van der Waals surface area contributed by atoms with Crippen molar-refractivity contribution < 1.29 is 28.7 Å². The Balaban J connectivity index is 1.33. The van der Waals surface area contributed by atoms with Crippen LogP contribution in [0.4, 0.5) is 15.8 Å². The first-order valence-electron chi connectivity index (χ1n) is 17.5. The molecule has 53 heavy (non-hydrogen) atoms. The number of rotatable bonds is 8. The monoisotopic (exact) mass is 727 g/mol. The van der Waals surface area contributed by atoms with Gasteiger partial charge in [-0.05, 0) is 90.4 Å². The highest BCUT2D eigenvalue weighted by Crippen LogP contribution is 2.65. The lowest BCUT2D eigenvalue weighted by atomic mass is 9.49. The maximum Gasteiger partial charge on any atom is 0.260 e. The number of nitrogens with zero attached hydrogens (tertiary/aromatic N) is 2. The van der Waals surface area contributed by atoms with Gasteiger partial charge in [0.05, 0.1) is 34.5 Å². The van der Waals surface area contributed by atoms with Gasteiger partial charge in [-0.15, -0.1) is 6.58 Å². The number of hydrazine groups is 1. The van der Waals surface area contributed by atoms with Crippen LogP contribution in [0.15, 0.2) is 122 Å². The summed E-state index contributed by atoms with van der Waals surface area (Å²) in [7, 11) is 0. The summed E-state index contributed by atoms with van der Waals surface area (Å²) in [4.78, 5) is 60.0. The summed E-state index contributed by atoms with van der Waals surface area (Å²) >= 11 is 6.38. The first-order chi connectivity index (χ1) is 25.6. The number of carbonyl (C=O) groups is 4. The molecule has 10 heteroatoms. The van der Waals surface area contributed by atoms with Gasteiger partial charge in [-0.1, -0.05) is 84.4 Å². The molecule has 4 aromatic carbocycles. The molecule has 0 spiro atoms. The predicted octanol–water partition coefficient (Wildman–Crippen LogP) is 7.75. The van der Waals surface area contributed by atoms with Crippen LogP contribution in [0, 0.1) is 29.5 Å². The molecule has 4 aromatic rings. The van der Waals surface area contributed by atoms with Gasteiger partial charge in [0, 0.05) is 16.5 Å². The minimum absolute atomic E-state index is 0.0453. The average molecular weight is 728 g/mol. The number of carbonyl (C=O) groups excluding carboxylic acids is 4. The number of benzene rings is 4. The molecule has 2 aliphatic heterocycles. The van der Waals surface area contributed by atoms with Gasteiger partial charge in [-0.25, -0.2) is 4.39 Å². The first-order valence-corrected chi connectivity index (χ1v) is 17.9. The van der Waals surface area contributed by atoms with Gasteiger partial charge in [0.15, 0.2) is 0 Å². The Labute approximate surface area is 310 Å². The van der Waals surface area contributed by atoms with Crippen LogP contribution in [0.2, 0.25) is 5.02 Å². The Hall–Kier alpha value is -5.80. The largest absolute Gasteiger partial charge is 0.507 e. The lowest BCUT2D eigenvalue weighted by Crippen LogP contribution is -2.53. The van der Waals surface area contributed by atoms with Crippen molar-refractivity contribution in [1.29, 1.82) is 0 Å². The van der Waals surface area contributed by atoms with Gasteiger partial charge >= 0.3 is 0 Å². The van der Waals surface area contributed by atoms with Gasteiger partial charge < -0.3 is 5.11 Å². The number of imide groups is 2. The minimum Gasteiger partial charge on any atom is -0.507 e. The van der Waals surface area contributed by atoms with Crippen molar-refractivity contribution in [3.8, 4) is 5.75 Å². The number of hydrogen-bond donors (Lipinski definition) is 2. The second-order valence-corrected chi connectivity index (χ2v) is 14.5. The number of anilines is 2. The molecule has 2 N–H and O–H groups in total. The van der Waals surface area contributed by atoms with Crippen molar-refractivity contribution >= 4 is 52.7 Å². The van der Waals surface area contributed by atoms with Crippen molar-refractivity contribution in [3.05, 3.63) is 155 Å². The molecule has 6 atom stereocenters. The maximum atomic E-state index is 15.3. The lowest BCUT2D eigenvalue weighted by molar-refractivity contribution is -0.138. The second-order valence-electron chi connectivity index (χ2n) is 14.0.